The van der Waals surface area contributed by atoms with Crippen LogP contribution in [0.15, 0.2) is 60.8 Å². The first-order chi connectivity index (χ1) is 12.2. The van der Waals surface area contributed by atoms with Gasteiger partial charge in [-0.05, 0) is 12.1 Å². The molecular formula is C20H18N2O3. The number of nitrogens with one attached hydrogen (secondary N) is 1. The minimum Gasteiger partial charge on any atom is -0.497 e. The van der Waals surface area contributed by atoms with E-state index in [-0.39, 0.29) is 5.91 Å². The molecule has 0 bridgehead atoms. The molecule has 1 amide bonds. The highest BCUT2D eigenvalue weighted by atomic mass is 16.5. The molecule has 5 nitrogen and oxygen atoms in total. The summed E-state index contributed by atoms with van der Waals surface area (Å²) < 4.78 is 10.4. The van der Waals surface area contributed by atoms with Gasteiger partial charge in [0.1, 0.15) is 11.5 Å². The molecule has 0 fully saturated rings. The number of fused-ring (bicyclic) bond motifs is 1. The number of anilines is 1. The fourth-order valence-corrected chi connectivity index (χ4v) is 2.49. The lowest BCUT2D eigenvalue weighted by atomic mass is 10.1. The lowest BCUT2D eigenvalue weighted by molar-refractivity contribution is -0.111. The normalized spacial score (nSPS) is 10.8. The summed E-state index contributed by atoms with van der Waals surface area (Å²) in [5, 5.41) is 3.83. The van der Waals surface area contributed by atoms with Gasteiger partial charge in [-0.3, -0.25) is 9.78 Å². The van der Waals surface area contributed by atoms with Gasteiger partial charge in [-0.15, -0.1) is 0 Å². The summed E-state index contributed by atoms with van der Waals surface area (Å²) in [4.78, 5) is 16.6. The highest BCUT2D eigenvalue weighted by Gasteiger charge is 2.05. The van der Waals surface area contributed by atoms with Gasteiger partial charge in [0.15, 0.2) is 0 Å². The van der Waals surface area contributed by atoms with E-state index in [4.69, 9.17) is 9.47 Å². The summed E-state index contributed by atoms with van der Waals surface area (Å²) in [6.07, 6.45) is 4.97. The fourth-order valence-electron chi connectivity index (χ4n) is 2.49. The second kappa shape index (κ2) is 7.49. The number of rotatable bonds is 5. The number of methoxy groups -OCH3 is 2. The van der Waals surface area contributed by atoms with Crippen LogP contribution in [0.2, 0.25) is 0 Å². The molecule has 0 atom stereocenters. The number of ether oxygens (including phenoxy) is 2. The molecule has 3 rings (SSSR count). The number of amides is 1. The van der Waals surface area contributed by atoms with Crippen LogP contribution in [0.4, 0.5) is 5.69 Å². The van der Waals surface area contributed by atoms with E-state index in [2.05, 4.69) is 10.3 Å². The zero-order chi connectivity index (χ0) is 17.6. The van der Waals surface area contributed by atoms with Crippen molar-refractivity contribution < 1.29 is 14.3 Å². The molecule has 25 heavy (non-hydrogen) atoms. The van der Waals surface area contributed by atoms with E-state index in [0.717, 1.165) is 16.5 Å². The SMILES string of the molecule is COc1cc(NC(=O)/C=C/c2cccc3cccnc23)cc(OC)c1. The maximum atomic E-state index is 12.2. The third-order valence-corrected chi connectivity index (χ3v) is 3.70. The summed E-state index contributed by atoms with van der Waals surface area (Å²) >= 11 is 0. The average Bonchev–Trinajstić information content (AvgIpc) is 2.65. The van der Waals surface area contributed by atoms with Crippen LogP contribution in [-0.2, 0) is 4.79 Å². The highest BCUT2D eigenvalue weighted by Crippen LogP contribution is 2.25. The molecule has 0 aliphatic rings. The Hall–Kier alpha value is -3.34. The van der Waals surface area contributed by atoms with E-state index in [1.165, 1.54) is 6.08 Å². The van der Waals surface area contributed by atoms with Gasteiger partial charge in [-0.1, -0.05) is 24.3 Å². The second-order valence-corrected chi connectivity index (χ2v) is 5.35. The van der Waals surface area contributed by atoms with Gasteiger partial charge in [0.2, 0.25) is 5.91 Å². The van der Waals surface area contributed by atoms with Gasteiger partial charge in [0, 0.05) is 47.1 Å². The predicted molar refractivity (Wildman–Crippen MR) is 99.0 cm³/mol. The van der Waals surface area contributed by atoms with Crippen LogP contribution in [-0.4, -0.2) is 25.1 Å². The van der Waals surface area contributed by atoms with Crippen molar-refractivity contribution in [2.75, 3.05) is 19.5 Å². The summed E-state index contributed by atoms with van der Waals surface area (Å²) in [5.74, 6) is 0.969. The van der Waals surface area contributed by atoms with Gasteiger partial charge < -0.3 is 14.8 Å². The average molecular weight is 334 g/mol. The number of carbonyl (C=O) groups is 1. The minimum absolute atomic E-state index is 0.247. The predicted octanol–water partition coefficient (Wildman–Crippen LogP) is 3.90. The number of pyridine rings is 1. The van der Waals surface area contributed by atoms with E-state index >= 15 is 0 Å². The van der Waals surface area contributed by atoms with Crippen molar-refractivity contribution in [1.29, 1.82) is 0 Å². The molecule has 0 radical (unpaired) electrons. The number of nitrogens with zero attached hydrogens (tertiary/aromatic N) is 1. The Morgan fingerprint density at radius 2 is 1.76 bits per heavy atom. The molecule has 0 aliphatic heterocycles. The first-order valence-corrected chi connectivity index (χ1v) is 7.75. The molecule has 0 aliphatic carbocycles. The van der Waals surface area contributed by atoms with E-state index in [1.54, 1.807) is 44.7 Å². The van der Waals surface area contributed by atoms with Gasteiger partial charge in [-0.2, -0.15) is 0 Å². The molecule has 0 unspecified atom stereocenters. The van der Waals surface area contributed by atoms with E-state index in [9.17, 15) is 4.79 Å². The molecule has 1 heterocycles. The summed E-state index contributed by atoms with van der Waals surface area (Å²) in [6, 6.07) is 14.9. The van der Waals surface area contributed by atoms with Crippen molar-refractivity contribution in [3.63, 3.8) is 0 Å². The van der Waals surface area contributed by atoms with Crippen LogP contribution < -0.4 is 14.8 Å². The number of para-hydroxylation sites is 1. The molecule has 3 aromatic rings. The van der Waals surface area contributed by atoms with Crippen LogP contribution >= 0.6 is 0 Å². The van der Waals surface area contributed by atoms with E-state index in [1.807, 2.05) is 30.3 Å². The molecule has 0 saturated heterocycles. The first-order valence-electron chi connectivity index (χ1n) is 7.75. The van der Waals surface area contributed by atoms with Crippen LogP contribution in [0.3, 0.4) is 0 Å². The van der Waals surface area contributed by atoms with Crippen LogP contribution in [0.25, 0.3) is 17.0 Å². The Kier molecular flexibility index (Phi) is 4.95. The fraction of sp³-hybridized carbons (Fsp3) is 0.100. The van der Waals surface area contributed by atoms with Crippen LogP contribution in [0, 0.1) is 0 Å². The van der Waals surface area contributed by atoms with Gasteiger partial charge in [0.25, 0.3) is 0 Å². The van der Waals surface area contributed by atoms with Crippen molar-refractivity contribution in [3.8, 4) is 11.5 Å². The zero-order valence-corrected chi connectivity index (χ0v) is 14.0. The van der Waals surface area contributed by atoms with E-state index < -0.39 is 0 Å². The van der Waals surface area contributed by atoms with Gasteiger partial charge in [0.05, 0.1) is 19.7 Å². The van der Waals surface area contributed by atoms with Gasteiger partial charge in [-0.25, -0.2) is 0 Å². The molecule has 126 valence electrons. The Morgan fingerprint density at radius 3 is 2.48 bits per heavy atom. The summed E-state index contributed by atoms with van der Waals surface area (Å²) in [6.45, 7) is 0. The molecule has 1 aromatic heterocycles. The van der Waals surface area contributed by atoms with Crippen molar-refractivity contribution in [2.45, 2.75) is 0 Å². The Morgan fingerprint density at radius 1 is 1.04 bits per heavy atom. The van der Waals surface area contributed by atoms with Gasteiger partial charge >= 0.3 is 0 Å². The largest absolute Gasteiger partial charge is 0.497 e. The Bertz CT molecular complexity index is 908. The topological polar surface area (TPSA) is 60.5 Å². The monoisotopic (exact) mass is 334 g/mol. The molecule has 1 N–H and O–H groups in total. The Labute approximate surface area is 145 Å². The molecule has 0 saturated carbocycles. The quantitative estimate of drug-likeness (QED) is 0.719. The first kappa shape index (κ1) is 16.5. The van der Waals surface area contributed by atoms with E-state index in [0.29, 0.717) is 17.2 Å². The molecule has 2 aromatic carbocycles. The molecular weight excluding hydrogens is 316 g/mol. The number of hydrogen-bond acceptors (Lipinski definition) is 4. The maximum absolute atomic E-state index is 12.2. The second-order valence-electron chi connectivity index (χ2n) is 5.35. The van der Waals surface area contributed by atoms with Crippen LogP contribution in [0.1, 0.15) is 5.56 Å². The zero-order valence-electron chi connectivity index (χ0n) is 14.0. The van der Waals surface area contributed by atoms with Crippen molar-refractivity contribution in [2.24, 2.45) is 0 Å². The number of hydrogen-bond donors (Lipinski definition) is 1. The van der Waals surface area contributed by atoms with Crippen molar-refractivity contribution in [3.05, 3.63) is 66.4 Å². The van der Waals surface area contributed by atoms with Crippen molar-refractivity contribution in [1.82, 2.24) is 4.98 Å². The third kappa shape index (κ3) is 3.95. The summed E-state index contributed by atoms with van der Waals surface area (Å²) in [7, 11) is 3.13. The minimum atomic E-state index is -0.247. The maximum Gasteiger partial charge on any atom is 0.248 e. The highest BCUT2D eigenvalue weighted by molar-refractivity contribution is 6.03. The standard InChI is InChI=1S/C20H18N2O3/c1-24-17-11-16(12-18(13-17)25-2)22-19(23)9-8-15-6-3-5-14-7-4-10-21-20(14)15/h3-13H,1-2H3,(H,22,23)/b9-8+. The lowest BCUT2D eigenvalue weighted by Gasteiger charge is -2.08. The number of aromatic nitrogens is 1. The van der Waals surface area contributed by atoms with Crippen LogP contribution in [0.5, 0.6) is 11.5 Å². The smallest absolute Gasteiger partial charge is 0.248 e. The number of carbonyl (C=O) groups excluding carboxylic acids is 1. The summed E-state index contributed by atoms with van der Waals surface area (Å²) in [5.41, 5.74) is 2.34. The third-order valence-electron chi connectivity index (χ3n) is 3.70. The lowest BCUT2D eigenvalue weighted by Crippen LogP contribution is -2.08. The Balaban J connectivity index is 1.79. The molecule has 0 spiro atoms. The number of benzene rings is 2. The molecule has 5 heteroatoms. The van der Waals surface area contributed by atoms with Crippen molar-refractivity contribution >= 4 is 28.6 Å².